The molecule has 2 aromatic rings. The summed E-state index contributed by atoms with van der Waals surface area (Å²) in [5.41, 5.74) is 1.55. The van der Waals surface area contributed by atoms with Crippen LogP contribution in [0.5, 0.6) is 5.75 Å². The van der Waals surface area contributed by atoms with Crippen molar-refractivity contribution in [2.75, 3.05) is 31.7 Å². The Balaban J connectivity index is 1.63. The van der Waals surface area contributed by atoms with E-state index in [4.69, 9.17) is 14.7 Å². The van der Waals surface area contributed by atoms with Gasteiger partial charge < -0.3 is 19.7 Å². The molecule has 2 amide bonds. The van der Waals surface area contributed by atoms with Gasteiger partial charge in [-0.3, -0.25) is 9.59 Å². The summed E-state index contributed by atoms with van der Waals surface area (Å²) in [6.07, 6.45) is -0.336. The van der Waals surface area contributed by atoms with Crippen molar-refractivity contribution in [3.8, 4) is 11.8 Å². The number of hydrogen-bond acceptors (Lipinski definition) is 5. The van der Waals surface area contributed by atoms with E-state index in [1.54, 1.807) is 36.3 Å². The van der Waals surface area contributed by atoms with Gasteiger partial charge in [0.1, 0.15) is 12.4 Å². The van der Waals surface area contributed by atoms with Crippen molar-refractivity contribution >= 4 is 17.5 Å². The van der Waals surface area contributed by atoms with Crippen LogP contribution in [0, 0.1) is 11.3 Å². The summed E-state index contributed by atoms with van der Waals surface area (Å²) >= 11 is 0. The molecule has 1 aliphatic rings. The summed E-state index contributed by atoms with van der Waals surface area (Å²) in [7, 11) is 1.57. The van der Waals surface area contributed by atoms with Crippen LogP contribution in [-0.2, 0) is 9.53 Å². The normalized spacial score (nSPS) is 16.5. The monoisotopic (exact) mass is 365 g/mol. The number of ether oxygens (including phenoxy) is 2. The Hall–Kier alpha value is -3.37. The fourth-order valence-electron chi connectivity index (χ4n) is 2.82. The van der Waals surface area contributed by atoms with Crippen LogP contribution in [0.1, 0.15) is 15.9 Å². The van der Waals surface area contributed by atoms with Crippen LogP contribution in [0.15, 0.2) is 48.5 Å². The first-order valence-corrected chi connectivity index (χ1v) is 8.45. The highest BCUT2D eigenvalue weighted by atomic mass is 16.5. The number of carbonyl (C=O) groups excluding carboxylic acids is 2. The highest BCUT2D eigenvalue weighted by Crippen LogP contribution is 2.23. The first-order chi connectivity index (χ1) is 13.1. The van der Waals surface area contributed by atoms with Gasteiger partial charge in [0.2, 0.25) is 0 Å². The molecule has 1 unspecified atom stereocenters. The van der Waals surface area contributed by atoms with Gasteiger partial charge in [-0.05, 0) is 30.3 Å². The summed E-state index contributed by atoms with van der Waals surface area (Å²) < 4.78 is 10.7. The molecular weight excluding hydrogens is 346 g/mol. The Morgan fingerprint density at radius 2 is 2.15 bits per heavy atom. The number of nitriles is 1. The van der Waals surface area contributed by atoms with Gasteiger partial charge in [-0.15, -0.1) is 0 Å². The maximum atomic E-state index is 12.3. The Bertz CT molecular complexity index is 891. The fraction of sp³-hybridized carbons (Fsp3) is 0.250. The zero-order valence-corrected chi connectivity index (χ0v) is 14.8. The minimum Gasteiger partial charge on any atom is -0.497 e. The number of methoxy groups -OCH3 is 1. The molecule has 7 nitrogen and oxygen atoms in total. The molecule has 1 fully saturated rings. The first-order valence-electron chi connectivity index (χ1n) is 8.45. The van der Waals surface area contributed by atoms with Gasteiger partial charge in [0, 0.05) is 23.9 Å². The second-order valence-electron chi connectivity index (χ2n) is 6.04. The molecule has 1 atom stereocenters. The Labute approximate surface area is 157 Å². The molecule has 1 saturated heterocycles. The van der Waals surface area contributed by atoms with Crippen molar-refractivity contribution in [2.45, 2.75) is 6.10 Å². The lowest BCUT2D eigenvalue weighted by Crippen LogP contribution is -2.50. The number of hydrogen-bond donors (Lipinski definition) is 1. The van der Waals surface area contributed by atoms with Gasteiger partial charge >= 0.3 is 0 Å². The van der Waals surface area contributed by atoms with E-state index in [-0.39, 0.29) is 31.1 Å². The molecule has 0 aliphatic carbocycles. The molecule has 3 rings (SSSR count). The van der Waals surface area contributed by atoms with E-state index in [0.29, 0.717) is 23.4 Å². The molecule has 7 heteroatoms. The van der Waals surface area contributed by atoms with Crippen molar-refractivity contribution in [2.24, 2.45) is 0 Å². The van der Waals surface area contributed by atoms with Crippen molar-refractivity contribution in [3.63, 3.8) is 0 Å². The number of benzene rings is 2. The lowest BCUT2D eigenvalue weighted by Gasteiger charge is -2.33. The van der Waals surface area contributed by atoms with Gasteiger partial charge in [0.15, 0.2) is 0 Å². The van der Waals surface area contributed by atoms with Gasteiger partial charge in [-0.1, -0.05) is 12.1 Å². The van der Waals surface area contributed by atoms with Crippen LogP contribution in [0.4, 0.5) is 5.69 Å². The third-order valence-corrected chi connectivity index (χ3v) is 4.24. The quantitative estimate of drug-likeness (QED) is 0.871. The zero-order chi connectivity index (χ0) is 19.2. The number of morpholine rings is 1. The third-order valence-electron chi connectivity index (χ3n) is 4.24. The number of nitrogens with zero attached hydrogens (tertiary/aromatic N) is 2. The highest BCUT2D eigenvalue weighted by molar-refractivity contribution is 5.96. The average molecular weight is 365 g/mol. The smallest absolute Gasteiger partial charge is 0.253 e. The largest absolute Gasteiger partial charge is 0.497 e. The first kappa shape index (κ1) is 18.4. The van der Waals surface area contributed by atoms with Crippen molar-refractivity contribution in [3.05, 3.63) is 59.7 Å². The van der Waals surface area contributed by atoms with Crippen LogP contribution >= 0.6 is 0 Å². The predicted molar refractivity (Wildman–Crippen MR) is 98.6 cm³/mol. The summed E-state index contributed by atoms with van der Waals surface area (Å²) in [4.78, 5) is 26.1. The Kier molecular flexibility index (Phi) is 5.69. The van der Waals surface area contributed by atoms with E-state index in [0.717, 1.165) is 5.69 Å². The summed E-state index contributed by atoms with van der Waals surface area (Å²) in [6, 6.07) is 15.7. The van der Waals surface area contributed by atoms with Crippen LogP contribution < -0.4 is 15.0 Å². The van der Waals surface area contributed by atoms with Crippen LogP contribution in [0.2, 0.25) is 0 Å². The van der Waals surface area contributed by atoms with Gasteiger partial charge in [0.25, 0.3) is 11.8 Å². The number of anilines is 1. The fourth-order valence-corrected chi connectivity index (χ4v) is 2.82. The molecular formula is C20H19N3O4. The summed E-state index contributed by atoms with van der Waals surface area (Å²) in [6.45, 7) is 0.523. The van der Waals surface area contributed by atoms with Crippen molar-refractivity contribution in [1.29, 1.82) is 5.26 Å². The van der Waals surface area contributed by atoms with E-state index in [1.165, 1.54) is 6.07 Å². The average Bonchev–Trinajstić information content (AvgIpc) is 2.73. The van der Waals surface area contributed by atoms with E-state index in [2.05, 4.69) is 5.32 Å². The molecule has 138 valence electrons. The molecule has 0 spiro atoms. The van der Waals surface area contributed by atoms with E-state index >= 15 is 0 Å². The molecule has 0 bridgehead atoms. The molecule has 1 heterocycles. The second-order valence-corrected chi connectivity index (χ2v) is 6.04. The molecule has 0 radical (unpaired) electrons. The van der Waals surface area contributed by atoms with E-state index in [1.807, 2.05) is 24.3 Å². The molecule has 27 heavy (non-hydrogen) atoms. The maximum absolute atomic E-state index is 12.3. The van der Waals surface area contributed by atoms with Crippen LogP contribution in [-0.4, -0.2) is 44.7 Å². The summed E-state index contributed by atoms with van der Waals surface area (Å²) in [5.74, 6) is 0.224. The Morgan fingerprint density at radius 1 is 1.33 bits per heavy atom. The van der Waals surface area contributed by atoms with Gasteiger partial charge in [-0.2, -0.15) is 5.26 Å². The Morgan fingerprint density at radius 3 is 2.93 bits per heavy atom. The third kappa shape index (κ3) is 4.43. The van der Waals surface area contributed by atoms with E-state index in [9.17, 15) is 9.59 Å². The van der Waals surface area contributed by atoms with Crippen LogP contribution in [0.3, 0.4) is 0 Å². The van der Waals surface area contributed by atoms with Gasteiger partial charge in [0.05, 0.1) is 31.4 Å². The molecule has 1 N–H and O–H groups in total. The summed E-state index contributed by atoms with van der Waals surface area (Å²) in [5, 5.41) is 11.7. The van der Waals surface area contributed by atoms with Crippen molar-refractivity contribution < 1.29 is 19.1 Å². The minimum atomic E-state index is -0.336. The SMILES string of the molecule is COc1cccc(N2CC(CNC(=O)c3cccc(C#N)c3)OCC2=O)c1. The lowest BCUT2D eigenvalue weighted by atomic mass is 10.1. The number of rotatable bonds is 5. The molecule has 0 saturated carbocycles. The maximum Gasteiger partial charge on any atom is 0.253 e. The second kappa shape index (κ2) is 8.34. The highest BCUT2D eigenvalue weighted by Gasteiger charge is 2.28. The number of amides is 2. The topological polar surface area (TPSA) is 91.7 Å². The lowest BCUT2D eigenvalue weighted by molar-refractivity contribution is -0.129. The molecule has 0 aromatic heterocycles. The predicted octanol–water partition coefficient (Wildman–Crippen LogP) is 1.73. The van der Waals surface area contributed by atoms with Crippen molar-refractivity contribution in [1.82, 2.24) is 5.32 Å². The standard InChI is InChI=1S/C20H19N3O4/c1-26-17-7-3-6-16(9-17)23-12-18(27-13-19(23)24)11-22-20(25)15-5-2-4-14(8-15)10-21/h2-9,18H,11-13H2,1H3,(H,22,25). The number of nitrogens with one attached hydrogen (secondary N) is 1. The molecule has 2 aromatic carbocycles. The number of carbonyl (C=O) groups is 2. The minimum absolute atomic E-state index is 0.0539. The van der Waals surface area contributed by atoms with E-state index < -0.39 is 0 Å². The zero-order valence-electron chi connectivity index (χ0n) is 14.8. The van der Waals surface area contributed by atoms with Crippen LogP contribution in [0.25, 0.3) is 0 Å². The molecule has 1 aliphatic heterocycles. The van der Waals surface area contributed by atoms with Gasteiger partial charge in [-0.25, -0.2) is 0 Å².